The number of halogens is 1. The molecule has 1 spiro atoms. The summed E-state index contributed by atoms with van der Waals surface area (Å²) in [6.45, 7) is 7.69. The molecular formula is C36H42ClN3O7. The Kier molecular flexibility index (Phi) is 11.2. The van der Waals surface area contributed by atoms with E-state index in [-0.39, 0.29) is 44.5 Å². The van der Waals surface area contributed by atoms with Gasteiger partial charge in [0, 0.05) is 26.1 Å². The summed E-state index contributed by atoms with van der Waals surface area (Å²) in [6, 6.07) is 14.5. The molecule has 6 atom stereocenters. The van der Waals surface area contributed by atoms with Gasteiger partial charge in [0.1, 0.15) is 18.2 Å². The number of hydrogen-bond acceptors (Lipinski definition) is 7. The van der Waals surface area contributed by atoms with Gasteiger partial charge in [-0.25, -0.2) is 0 Å². The van der Waals surface area contributed by atoms with Crippen molar-refractivity contribution in [3.8, 4) is 0 Å². The zero-order valence-electron chi connectivity index (χ0n) is 26.4. The summed E-state index contributed by atoms with van der Waals surface area (Å²) in [5.74, 6) is -3.25. The molecule has 5 rings (SSSR count). The molecule has 11 heteroatoms. The Labute approximate surface area is 280 Å². The van der Waals surface area contributed by atoms with Crippen molar-refractivity contribution >= 4 is 41.0 Å². The number of amides is 3. The van der Waals surface area contributed by atoms with E-state index in [4.69, 9.17) is 21.1 Å². The highest BCUT2D eigenvalue weighted by atomic mass is 35.5. The third-order valence-corrected chi connectivity index (χ3v) is 9.67. The minimum atomic E-state index is -1.22. The molecule has 10 nitrogen and oxygen atoms in total. The standard InChI is InChI=1S/C36H42ClN3O7/c1-3-5-17-29(42)46-23-26(24-13-7-6-8-14-24)38-33(43)30-28-18-19-36(47-28)31(30)34(44)40(21-11-12-22-41)32(36)35(45)39(20-4-2)27-16-10-9-15-25(27)37/h3-4,6-10,13-16,26,28,30-32,41H,1-2,5,11-12,17-23H2,(H,38,43)/t26-,28-,30+,31+,32-,36+/m0/s1. The molecule has 47 heavy (non-hydrogen) atoms. The molecule has 0 aromatic heterocycles. The van der Waals surface area contributed by atoms with Gasteiger partial charge in [0.15, 0.2) is 0 Å². The van der Waals surface area contributed by atoms with Crippen LogP contribution in [0.5, 0.6) is 0 Å². The Morgan fingerprint density at radius 1 is 1.13 bits per heavy atom. The van der Waals surface area contributed by atoms with Crippen LogP contribution in [0.1, 0.15) is 50.1 Å². The number of esters is 1. The molecule has 3 saturated heterocycles. The molecule has 0 aliphatic carbocycles. The van der Waals surface area contributed by atoms with E-state index in [1.807, 2.05) is 30.3 Å². The number of unbranched alkanes of at least 4 members (excludes halogenated alkanes) is 1. The minimum Gasteiger partial charge on any atom is -0.463 e. The molecule has 3 aliphatic heterocycles. The van der Waals surface area contributed by atoms with Crippen LogP contribution >= 0.6 is 11.6 Å². The highest BCUT2D eigenvalue weighted by Gasteiger charge is 2.74. The summed E-state index contributed by atoms with van der Waals surface area (Å²) in [4.78, 5) is 58.5. The maximum absolute atomic E-state index is 14.6. The fourth-order valence-electron chi connectivity index (χ4n) is 7.26. The lowest BCUT2D eigenvalue weighted by Crippen LogP contribution is -2.56. The Morgan fingerprint density at radius 3 is 2.57 bits per heavy atom. The molecule has 0 saturated carbocycles. The smallest absolute Gasteiger partial charge is 0.306 e. The van der Waals surface area contributed by atoms with Gasteiger partial charge in [-0.1, -0.05) is 66.2 Å². The van der Waals surface area contributed by atoms with Gasteiger partial charge in [0.2, 0.25) is 11.8 Å². The molecule has 3 amide bonds. The monoisotopic (exact) mass is 663 g/mol. The molecule has 2 aromatic rings. The van der Waals surface area contributed by atoms with Crippen molar-refractivity contribution in [2.75, 3.05) is 31.2 Å². The quantitative estimate of drug-likeness (QED) is 0.155. The summed E-state index contributed by atoms with van der Waals surface area (Å²) in [5, 5.41) is 12.9. The first-order valence-electron chi connectivity index (χ1n) is 16.1. The van der Waals surface area contributed by atoms with Crippen LogP contribution in [0.15, 0.2) is 79.9 Å². The number of hydrogen-bond donors (Lipinski definition) is 2. The number of rotatable bonds is 16. The Morgan fingerprint density at radius 2 is 1.87 bits per heavy atom. The number of aliphatic hydroxyl groups is 1. The number of nitrogens with zero attached hydrogens (tertiary/aromatic N) is 2. The van der Waals surface area contributed by atoms with Gasteiger partial charge in [-0.05, 0) is 49.8 Å². The molecular weight excluding hydrogens is 622 g/mol. The molecule has 2 bridgehead atoms. The van der Waals surface area contributed by atoms with Crippen LogP contribution < -0.4 is 10.2 Å². The van der Waals surface area contributed by atoms with Crippen LogP contribution in [0.25, 0.3) is 0 Å². The number of likely N-dealkylation sites (tertiary alicyclic amines) is 1. The summed E-state index contributed by atoms with van der Waals surface area (Å²) < 4.78 is 12.1. The fraction of sp³-hybridized carbons (Fsp3) is 0.444. The minimum absolute atomic E-state index is 0.0555. The normalized spacial score (nSPS) is 24.8. The highest BCUT2D eigenvalue weighted by molar-refractivity contribution is 6.34. The van der Waals surface area contributed by atoms with Gasteiger partial charge >= 0.3 is 5.97 Å². The molecule has 0 radical (unpaired) electrons. The van der Waals surface area contributed by atoms with Crippen LogP contribution in [-0.2, 0) is 28.7 Å². The molecule has 3 heterocycles. The second-order valence-electron chi connectivity index (χ2n) is 12.2. The van der Waals surface area contributed by atoms with Crippen molar-refractivity contribution in [1.82, 2.24) is 10.2 Å². The number of carbonyl (C=O) groups excluding carboxylic acids is 4. The third kappa shape index (κ3) is 6.86. The Bertz CT molecular complexity index is 1490. The number of carbonyl (C=O) groups is 4. The zero-order valence-corrected chi connectivity index (χ0v) is 27.1. The van der Waals surface area contributed by atoms with Crippen LogP contribution in [0.2, 0.25) is 5.02 Å². The first-order valence-corrected chi connectivity index (χ1v) is 16.5. The van der Waals surface area contributed by atoms with Crippen molar-refractivity contribution in [2.45, 2.75) is 62.3 Å². The van der Waals surface area contributed by atoms with E-state index in [2.05, 4.69) is 18.5 Å². The van der Waals surface area contributed by atoms with Gasteiger partial charge in [0.25, 0.3) is 5.91 Å². The SMILES string of the molecule is C=CCCC(=O)OC[C@H](NC(=O)[C@@H]1[C@@H]2CC[C@]3(O2)[C@H](C(=O)N(CC=C)c2ccccc2Cl)N(CCCCO)C(=O)[C@@H]13)c1ccccc1. The number of allylic oxidation sites excluding steroid dienone is 1. The van der Waals surface area contributed by atoms with Crippen LogP contribution in [-0.4, -0.2) is 77.7 Å². The predicted molar refractivity (Wildman–Crippen MR) is 177 cm³/mol. The van der Waals surface area contributed by atoms with Crippen molar-refractivity contribution in [3.05, 3.63) is 90.5 Å². The summed E-state index contributed by atoms with van der Waals surface area (Å²) in [6.07, 6.45) is 5.15. The van der Waals surface area contributed by atoms with E-state index in [1.54, 1.807) is 36.4 Å². The number of ether oxygens (including phenoxy) is 2. The van der Waals surface area contributed by atoms with Crippen molar-refractivity contribution in [3.63, 3.8) is 0 Å². The Hall–Kier alpha value is -3.99. The van der Waals surface area contributed by atoms with Gasteiger partial charge in [-0.3, -0.25) is 19.2 Å². The summed E-state index contributed by atoms with van der Waals surface area (Å²) >= 11 is 6.54. The number of aliphatic hydroxyl groups excluding tert-OH is 1. The van der Waals surface area contributed by atoms with E-state index in [9.17, 15) is 24.3 Å². The lowest BCUT2D eigenvalue weighted by atomic mass is 9.70. The van der Waals surface area contributed by atoms with E-state index >= 15 is 0 Å². The molecule has 3 fully saturated rings. The second-order valence-corrected chi connectivity index (χ2v) is 12.6. The first kappa shape index (κ1) is 34.3. The number of nitrogens with one attached hydrogen (secondary N) is 1. The van der Waals surface area contributed by atoms with Gasteiger partial charge in [0.05, 0.1) is 34.7 Å². The summed E-state index contributed by atoms with van der Waals surface area (Å²) in [7, 11) is 0. The molecule has 250 valence electrons. The lowest BCUT2D eigenvalue weighted by Gasteiger charge is -2.37. The van der Waals surface area contributed by atoms with E-state index < -0.39 is 47.5 Å². The number of anilines is 1. The van der Waals surface area contributed by atoms with E-state index in [0.717, 1.165) is 5.56 Å². The van der Waals surface area contributed by atoms with Crippen molar-refractivity contribution in [1.29, 1.82) is 0 Å². The number of fused-ring (bicyclic) bond motifs is 1. The Balaban J connectivity index is 1.45. The third-order valence-electron chi connectivity index (χ3n) is 9.35. The van der Waals surface area contributed by atoms with E-state index in [0.29, 0.717) is 42.8 Å². The predicted octanol–water partition coefficient (Wildman–Crippen LogP) is 4.37. The number of benzene rings is 2. The average Bonchev–Trinajstić information content (AvgIpc) is 3.72. The highest BCUT2D eigenvalue weighted by Crippen LogP contribution is 2.59. The molecule has 3 aliphatic rings. The van der Waals surface area contributed by atoms with Crippen LogP contribution in [0, 0.1) is 11.8 Å². The van der Waals surface area contributed by atoms with Crippen molar-refractivity contribution in [2.24, 2.45) is 11.8 Å². The van der Waals surface area contributed by atoms with Gasteiger partial charge < -0.3 is 29.7 Å². The second kappa shape index (κ2) is 15.3. The van der Waals surface area contributed by atoms with Crippen LogP contribution in [0.4, 0.5) is 5.69 Å². The number of para-hydroxylation sites is 1. The van der Waals surface area contributed by atoms with Gasteiger partial charge in [-0.15, -0.1) is 13.2 Å². The molecule has 0 unspecified atom stereocenters. The maximum Gasteiger partial charge on any atom is 0.306 e. The fourth-order valence-corrected chi connectivity index (χ4v) is 7.50. The maximum atomic E-state index is 14.6. The average molecular weight is 664 g/mol. The summed E-state index contributed by atoms with van der Waals surface area (Å²) in [5.41, 5.74) is 0.00406. The largest absolute Gasteiger partial charge is 0.463 e. The molecule has 2 N–H and O–H groups in total. The van der Waals surface area contributed by atoms with Crippen molar-refractivity contribution < 1.29 is 33.8 Å². The van der Waals surface area contributed by atoms with E-state index in [1.165, 1.54) is 9.80 Å². The zero-order chi connectivity index (χ0) is 33.6. The molecule has 2 aromatic carbocycles. The lowest BCUT2D eigenvalue weighted by molar-refractivity contribution is -0.146. The van der Waals surface area contributed by atoms with Gasteiger partial charge in [-0.2, -0.15) is 0 Å². The topological polar surface area (TPSA) is 125 Å². The van der Waals surface area contributed by atoms with Crippen LogP contribution in [0.3, 0.4) is 0 Å². The first-order chi connectivity index (χ1) is 22.8.